The summed E-state index contributed by atoms with van der Waals surface area (Å²) >= 11 is 1.62. The summed E-state index contributed by atoms with van der Waals surface area (Å²) in [4.78, 5) is 23.1. The molecule has 0 spiro atoms. The summed E-state index contributed by atoms with van der Waals surface area (Å²) in [6.07, 6.45) is 2.81. The highest BCUT2D eigenvalue weighted by molar-refractivity contribution is 7.99. The summed E-state index contributed by atoms with van der Waals surface area (Å²) in [5.41, 5.74) is 0.795. The lowest BCUT2D eigenvalue weighted by atomic mass is 10.2. The van der Waals surface area contributed by atoms with Crippen molar-refractivity contribution in [3.05, 3.63) is 29.8 Å². The van der Waals surface area contributed by atoms with E-state index < -0.39 is 5.97 Å². The molecule has 0 heterocycles. The van der Waals surface area contributed by atoms with E-state index in [4.69, 9.17) is 5.11 Å². The molecule has 2 rings (SSSR count). The molecule has 1 amide bonds. The zero-order valence-corrected chi connectivity index (χ0v) is 11.4. The van der Waals surface area contributed by atoms with Gasteiger partial charge in [-0.25, -0.2) is 0 Å². The number of benzene rings is 1. The minimum Gasteiger partial charge on any atom is -0.481 e. The molecule has 2 N–H and O–H groups in total. The molecular formula is C14H17NO3S. The van der Waals surface area contributed by atoms with Gasteiger partial charge in [0.15, 0.2) is 0 Å². The molecule has 0 aromatic heterocycles. The van der Waals surface area contributed by atoms with Gasteiger partial charge in [0.05, 0.1) is 6.42 Å². The van der Waals surface area contributed by atoms with E-state index in [-0.39, 0.29) is 12.3 Å². The van der Waals surface area contributed by atoms with Gasteiger partial charge < -0.3 is 10.4 Å². The number of hydrogen-bond acceptors (Lipinski definition) is 3. The monoisotopic (exact) mass is 279 g/mol. The molecule has 0 saturated heterocycles. The third-order valence-electron chi connectivity index (χ3n) is 2.82. The van der Waals surface area contributed by atoms with E-state index in [0.717, 1.165) is 29.1 Å². The van der Waals surface area contributed by atoms with Crippen LogP contribution in [0.3, 0.4) is 0 Å². The molecule has 0 bridgehead atoms. The van der Waals surface area contributed by atoms with E-state index in [2.05, 4.69) is 5.32 Å². The van der Waals surface area contributed by atoms with Gasteiger partial charge in [-0.2, -0.15) is 0 Å². The molecule has 4 nitrogen and oxygen atoms in total. The first kappa shape index (κ1) is 13.9. The van der Waals surface area contributed by atoms with E-state index in [1.54, 1.807) is 11.8 Å². The van der Waals surface area contributed by atoms with Crippen LogP contribution in [0.5, 0.6) is 0 Å². The molecule has 1 aliphatic rings. The fourth-order valence-corrected chi connectivity index (χ4v) is 2.52. The lowest BCUT2D eigenvalue weighted by Gasteiger charge is -2.04. The van der Waals surface area contributed by atoms with Crippen LogP contribution in [0.25, 0.3) is 0 Å². The third-order valence-corrected chi connectivity index (χ3v) is 3.83. The van der Waals surface area contributed by atoms with E-state index in [0.29, 0.717) is 12.5 Å². The molecular weight excluding hydrogens is 262 g/mol. The van der Waals surface area contributed by atoms with Crippen molar-refractivity contribution in [1.82, 2.24) is 5.32 Å². The van der Waals surface area contributed by atoms with Crippen molar-refractivity contribution in [1.29, 1.82) is 0 Å². The average molecular weight is 279 g/mol. The smallest absolute Gasteiger partial charge is 0.307 e. The largest absolute Gasteiger partial charge is 0.481 e. The SMILES string of the molecule is O=C(O)Cc1ccc(SCCC(=O)NC2CC2)cc1. The van der Waals surface area contributed by atoms with Gasteiger partial charge in [-0.1, -0.05) is 12.1 Å². The van der Waals surface area contributed by atoms with Crippen LogP contribution in [0.1, 0.15) is 24.8 Å². The Balaban J connectivity index is 1.70. The Labute approximate surface area is 116 Å². The Kier molecular flexibility index (Phi) is 4.85. The summed E-state index contributed by atoms with van der Waals surface area (Å²) in [6, 6.07) is 7.87. The number of amides is 1. The summed E-state index contributed by atoms with van der Waals surface area (Å²) < 4.78 is 0. The number of hydrogen-bond donors (Lipinski definition) is 2. The minimum atomic E-state index is -0.822. The zero-order chi connectivity index (χ0) is 13.7. The number of nitrogens with one attached hydrogen (secondary N) is 1. The molecule has 0 aliphatic heterocycles. The highest BCUT2D eigenvalue weighted by atomic mass is 32.2. The lowest BCUT2D eigenvalue weighted by molar-refractivity contribution is -0.136. The molecule has 102 valence electrons. The molecule has 0 unspecified atom stereocenters. The van der Waals surface area contributed by atoms with E-state index in [1.807, 2.05) is 24.3 Å². The fraction of sp³-hybridized carbons (Fsp3) is 0.429. The Morgan fingerprint density at radius 2 is 1.95 bits per heavy atom. The number of thioether (sulfide) groups is 1. The van der Waals surface area contributed by atoms with Crippen molar-refractivity contribution in [3.63, 3.8) is 0 Å². The molecule has 0 atom stereocenters. The molecule has 1 aromatic rings. The number of carbonyl (C=O) groups excluding carboxylic acids is 1. The topological polar surface area (TPSA) is 66.4 Å². The minimum absolute atomic E-state index is 0.0503. The van der Waals surface area contributed by atoms with Crippen molar-refractivity contribution >= 4 is 23.6 Å². The Morgan fingerprint density at radius 3 is 2.53 bits per heavy atom. The normalized spacial score (nSPS) is 14.1. The van der Waals surface area contributed by atoms with E-state index >= 15 is 0 Å². The van der Waals surface area contributed by atoms with Gasteiger partial charge in [-0.3, -0.25) is 9.59 Å². The Morgan fingerprint density at radius 1 is 1.26 bits per heavy atom. The molecule has 1 fully saturated rings. The summed E-state index contributed by atoms with van der Waals surface area (Å²) in [5.74, 6) is 0.0475. The van der Waals surface area contributed by atoms with Crippen LogP contribution in [-0.2, 0) is 16.0 Å². The third kappa shape index (κ3) is 5.34. The predicted octanol–water partition coefficient (Wildman–Crippen LogP) is 2.07. The van der Waals surface area contributed by atoms with Crippen LogP contribution in [0, 0.1) is 0 Å². The number of carbonyl (C=O) groups is 2. The standard InChI is InChI=1S/C14H17NO3S/c16-13(15-11-3-4-11)7-8-19-12-5-1-10(2-6-12)9-14(17)18/h1-2,5-6,11H,3-4,7-9H2,(H,15,16)(H,17,18). The van der Waals surface area contributed by atoms with Crippen LogP contribution < -0.4 is 5.32 Å². The average Bonchev–Trinajstić information content (AvgIpc) is 3.14. The number of carboxylic acid groups (broad SMARTS) is 1. The molecule has 1 aromatic carbocycles. The van der Waals surface area contributed by atoms with Crippen molar-refractivity contribution in [2.75, 3.05) is 5.75 Å². The summed E-state index contributed by atoms with van der Waals surface area (Å²) in [5, 5.41) is 11.6. The number of aliphatic carboxylic acids is 1. The van der Waals surface area contributed by atoms with Gasteiger partial charge >= 0.3 is 5.97 Å². The maximum Gasteiger partial charge on any atom is 0.307 e. The van der Waals surface area contributed by atoms with E-state index in [9.17, 15) is 9.59 Å². The van der Waals surface area contributed by atoms with Gasteiger partial charge in [0.25, 0.3) is 0 Å². The first-order valence-electron chi connectivity index (χ1n) is 6.36. The van der Waals surface area contributed by atoms with Crippen molar-refractivity contribution in [3.8, 4) is 0 Å². The lowest BCUT2D eigenvalue weighted by Crippen LogP contribution is -2.25. The van der Waals surface area contributed by atoms with Gasteiger partial charge in [0.1, 0.15) is 0 Å². The van der Waals surface area contributed by atoms with Gasteiger partial charge in [-0.15, -0.1) is 11.8 Å². The van der Waals surface area contributed by atoms with Crippen LogP contribution >= 0.6 is 11.8 Å². The summed E-state index contributed by atoms with van der Waals surface area (Å²) in [6.45, 7) is 0. The van der Waals surface area contributed by atoms with Crippen molar-refractivity contribution in [2.45, 2.75) is 36.6 Å². The van der Waals surface area contributed by atoms with Crippen LogP contribution in [-0.4, -0.2) is 28.8 Å². The maximum absolute atomic E-state index is 11.5. The highest BCUT2D eigenvalue weighted by Crippen LogP contribution is 2.21. The molecule has 19 heavy (non-hydrogen) atoms. The second kappa shape index (κ2) is 6.61. The Bertz CT molecular complexity index is 454. The van der Waals surface area contributed by atoms with Crippen molar-refractivity contribution < 1.29 is 14.7 Å². The second-order valence-corrected chi connectivity index (χ2v) is 5.82. The summed E-state index contributed by atoms with van der Waals surface area (Å²) in [7, 11) is 0. The first-order chi connectivity index (χ1) is 9.13. The fourth-order valence-electron chi connectivity index (χ4n) is 1.67. The quantitative estimate of drug-likeness (QED) is 0.750. The Hall–Kier alpha value is -1.49. The van der Waals surface area contributed by atoms with Gasteiger partial charge in [-0.05, 0) is 30.5 Å². The predicted molar refractivity (Wildman–Crippen MR) is 74.3 cm³/mol. The zero-order valence-electron chi connectivity index (χ0n) is 10.6. The first-order valence-corrected chi connectivity index (χ1v) is 7.35. The van der Waals surface area contributed by atoms with Crippen LogP contribution in [0.15, 0.2) is 29.2 Å². The molecule has 0 radical (unpaired) electrons. The highest BCUT2D eigenvalue weighted by Gasteiger charge is 2.22. The number of rotatable bonds is 7. The van der Waals surface area contributed by atoms with E-state index in [1.165, 1.54) is 0 Å². The molecule has 1 aliphatic carbocycles. The maximum atomic E-state index is 11.5. The van der Waals surface area contributed by atoms with Crippen molar-refractivity contribution in [2.24, 2.45) is 0 Å². The number of carboxylic acids is 1. The van der Waals surface area contributed by atoms with Gasteiger partial charge in [0, 0.05) is 23.1 Å². The van der Waals surface area contributed by atoms with Crippen LogP contribution in [0.4, 0.5) is 0 Å². The van der Waals surface area contributed by atoms with Gasteiger partial charge in [0.2, 0.25) is 5.91 Å². The molecule has 5 heteroatoms. The second-order valence-electron chi connectivity index (χ2n) is 4.65. The molecule has 1 saturated carbocycles. The van der Waals surface area contributed by atoms with Crippen LogP contribution in [0.2, 0.25) is 0 Å².